The van der Waals surface area contributed by atoms with E-state index in [1.54, 1.807) is 6.07 Å². The molecule has 0 radical (unpaired) electrons. The second-order valence-electron chi connectivity index (χ2n) is 7.44. The van der Waals surface area contributed by atoms with Crippen molar-refractivity contribution in [1.29, 1.82) is 0 Å². The summed E-state index contributed by atoms with van der Waals surface area (Å²) >= 11 is 0. The molecule has 0 amide bonds. The topological polar surface area (TPSA) is 60.3 Å². The predicted molar refractivity (Wildman–Crippen MR) is 107 cm³/mol. The maximum Gasteiger partial charge on any atom is 0.202 e. The number of carbonyl (C=O) groups is 2. The first-order valence-corrected chi connectivity index (χ1v) is 9.85. The van der Waals surface area contributed by atoms with Gasteiger partial charge in [-0.3, -0.25) is 9.59 Å². The molecule has 0 unspecified atom stereocenters. The third kappa shape index (κ3) is 2.83. The largest absolute Gasteiger partial charge is 0.485 e. The number of nitrogens with one attached hydrogen (secondary N) is 1. The highest BCUT2D eigenvalue weighted by atomic mass is 16.5. The molecule has 0 bridgehead atoms. The number of aromatic nitrogens is 1. The van der Waals surface area contributed by atoms with Crippen LogP contribution in [0.4, 0.5) is 0 Å². The molecule has 3 aromatic rings. The molecule has 5 rings (SSSR count). The van der Waals surface area contributed by atoms with Crippen molar-refractivity contribution in [3.8, 4) is 5.75 Å². The number of carbonyl (C=O) groups excluding carboxylic acids is 2. The minimum absolute atomic E-state index is 0.00116. The van der Waals surface area contributed by atoms with E-state index in [9.17, 15) is 9.59 Å². The molecule has 0 saturated heterocycles. The van der Waals surface area contributed by atoms with Gasteiger partial charge in [0.05, 0.1) is 5.56 Å². The lowest BCUT2D eigenvalue weighted by atomic mass is 10.0. The first kappa shape index (κ1) is 17.2. The monoisotopic (exact) mass is 374 g/mol. The third-order valence-corrected chi connectivity index (χ3v) is 5.78. The third-order valence-electron chi connectivity index (χ3n) is 5.78. The van der Waals surface area contributed by atoms with Gasteiger partial charge in [-0.15, -0.1) is 0 Å². The highest BCUT2D eigenvalue weighted by Crippen LogP contribution is 2.29. The number of ether oxygens (including phenoxy) is 1. The van der Waals surface area contributed by atoms with Gasteiger partial charge >= 0.3 is 0 Å². The van der Waals surface area contributed by atoms with Gasteiger partial charge in [-0.05, 0) is 36.2 Å². The Hall–Kier alpha value is -2.92. The molecule has 0 saturated carbocycles. The number of nitrogens with zero attached hydrogens (tertiary/aromatic N) is 1. The highest BCUT2D eigenvalue weighted by molar-refractivity contribution is 6.10. The number of rotatable bonds is 4. The summed E-state index contributed by atoms with van der Waals surface area (Å²) in [5.41, 5.74) is 4.80. The lowest BCUT2D eigenvalue weighted by Gasteiger charge is -2.09. The van der Waals surface area contributed by atoms with Crippen molar-refractivity contribution >= 4 is 22.5 Å². The van der Waals surface area contributed by atoms with E-state index >= 15 is 0 Å². The molecule has 0 atom stereocenters. The quantitative estimate of drug-likeness (QED) is 0.713. The van der Waals surface area contributed by atoms with Crippen molar-refractivity contribution < 1.29 is 14.3 Å². The van der Waals surface area contributed by atoms with Gasteiger partial charge in [0.15, 0.2) is 12.4 Å². The molecule has 28 heavy (non-hydrogen) atoms. The summed E-state index contributed by atoms with van der Waals surface area (Å²) < 4.78 is 8.11. The van der Waals surface area contributed by atoms with E-state index in [4.69, 9.17) is 4.74 Å². The molecule has 142 valence electrons. The molecule has 0 spiro atoms. The number of benzene rings is 2. The smallest absolute Gasteiger partial charge is 0.202 e. The van der Waals surface area contributed by atoms with Gasteiger partial charge in [-0.2, -0.15) is 0 Å². The Morgan fingerprint density at radius 3 is 2.89 bits per heavy atom. The van der Waals surface area contributed by atoms with Crippen LogP contribution < -0.4 is 10.1 Å². The number of Topliss-reactive ketones (excluding diaryl/α,β-unsaturated/α-hetero) is 2. The Morgan fingerprint density at radius 1 is 1.07 bits per heavy atom. The van der Waals surface area contributed by atoms with Crippen LogP contribution in [0.2, 0.25) is 0 Å². The van der Waals surface area contributed by atoms with E-state index in [1.165, 1.54) is 0 Å². The van der Waals surface area contributed by atoms with Crippen LogP contribution in [0.25, 0.3) is 10.9 Å². The Morgan fingerprint density at radius 2 is 1.96 bits per heavy atom. The Balaban J connectivity index is 1.44. The number of hydrogen-bond acceptors (Lipinski definition) is 4. The fraction of sp³-hybridized carbons (Fsp3) is 0.304. The fourth-order valence-corrected chi connectivity index (χ4v) is 4.45. The average Bonchev–Trinajstić information content (AvgIpc) is 3.13. The van der Waals surface area contributed by atoms with Crippen LogP contribution in [0.15, 0.2) is 42.5 Å². The molecule has 2 aliphatic rings. The molecule has 1 N–H and O–H groups in total. The maximum atomic E-state index is 13.2. The Bertz CT molecular complexity index is 1100. The molecule has 2 heterocycles. The molecular formula is C23H22N2O3. The van der Waals surface area contributed by atoms with Gasteiger partial charge in [0, 0.05) is 54.6 Å². The van der Waals surface area contributed by atoms with Crippen molar-refractivity contribution in [2.75, 3.05) is 19.7 Å². The zero-order chi connectivity index (χ0) is 19.1. The van der Waals surface area contributed by atoms with Gasteiger partial charge in [0.1, 0.15) is 5.75 Å². The van der Waals surface area contributed by atoms with E-state index in [0.29, 0.717) is 12.2 Å². The van der Waals surface area contributed by atoms with Crippen LogP contribution >= 0.6 is 0 Å². The summed E-state index contributed by atoms with van der Waals surface area (Å²) in [7, 11) is 0. The van der Waals surface area contributed by atoms with Gasteiger partial charge in [0.2, 0.25) is 5.78 Å². The normalized spacial score (nSPS) is 15.9. The van der Waals surface area contributed by atoms with Gasteiger partial charge in [-0.25, -0.2) is 0 Å². The van der Waals surface area contributed by atoms with Crippen molar-refractivity contribution in [3.63, 3.8) is 0 Å². The molecule has 2 aromatic carbocycles. The van der Waals surface area contributed by atoms with E-state index in [0.717, 1.165) is 65.8 Å². The van der Waals surface area contributed by atoms with Crippen molar-refractivity contribution in [2.24, 2.45) is 0 Å². The predicted octanol–water partition coefficient (Wildman–Crippen LogP) is 3.18. The Kier molecular flexibility index (Phi) is 4.24. The van der Waals surface area contributed by atoms with Crippen LogP contribution in [0.5, 0.6) is 5.75 Å². The fourth-order valence-electron chi connectivity index (χ4n) is 4.45. The molecule has 5 heteroatoms. The summed E-state index contributed by atoms with van der Waals surface area (Å²) in [6.07, 6.45) is 2.15. The SMILES string of the molecule is O=C1CCc2cc(OCC(=O)c3c4n(c5ccccc35)CCNCC4)ccc21. The highest BCUT2D eigenvalue weighted by Gasteiger charge is 2.24. The molecule has 0 fully saturated rings. The number of para-hydroxylation sites is 1. The van der Waals surface area contributed by atoms with E-state index in [2.05, 4.69) is 16.0 Å². The zero-order valence-electron chi connectivity index (χ0n) is 15.7. The first-order valence-electron chi connectivity index (χ1n) is 9.85. The molecule has 1 aromatic heterocycles. The lowest BCUT2D eigenvalue weighted by molar-refractivity contribution is 0.0921. The molecular weight excluding hydrogens is 352 g/mol. The first-order chi connectivity index (χ1) is 13.7. The maximum absolute atomic E-state index is 13.2. The Labute approximate surface area is 163 Å². The van der Waals surface area contributed by atoms with Crippen LogP contribution in [0.3, 0.4) is 0 Å². The van der Waals surface area contributed by atoms with Crippen LogP contribution in [0.1, 0.15) is 38.4 Å². The average molecular weight is 374 g/mol. The van der Waals surface area contributed by atoms with Gasteiger partial charge in [-0.1, -0.05) is 18.2 Å². The summed E-state index contributed by atoms with van der Waals surface area (Å²) in [5, 5.41) is 4.41. The second kappa shape index (κ2) is 6.91. The van der Waals surface area contributed by atoms with Crippen molar-refractivity contribution in [1.82, 2.24) is 9.88 Å². The minimum Gasteiger partial charge on any atom is -0.485 e. The standard InChI is InChI=1S/C23H22N2O3/c26-21-8-5-15-13-16(6-7-17(15)21)28-14-22(27)23-18-3-1-2-4-19(18)25-12-11-24-10-9-20(23)25/h1-4,6-7,13,24H,5,8-12,14H2. The second-order valence-corrected chi connectivity index (χ2v) is 7.44. The molecule has 1 aliphatic heterocycles. The summed E-state index contributed by atoms with van der Waals surface area (Å²) in [4.78, 5) is 24.9. The van der Waals surface area contributed by atoms with Crippen molar-refractivity contribution in [3.05, 3.63) is 64.8 Å². The van der Waals surface area contributed by atoms with Crippen LogP contribution in [0, 0.1) is 0 Å². The van der Waals surface area contributed by atoms with Crippen LogP contribution in [-0.4, -0.2) is 35.8 Å². The molecule has 5 nitrogen and oxygen atoms in total. The van der Waals surface area contributed by atoms with E-state index in [-0.39, 0.29) is 18.2 Å². The number of hydrogen-bond donors (Lipinski definition) is 1. The van der Waals surface area contributed by atoms with E-state index < -0.39 is 0 Å². The van der Waals surface area contributed by atoms with Crippen molar-refractivity contribution in [2.45, 2.75) is 25.8 Å². The number of aryl methyl sites for hydroxylation is 1. The number of ketones is 2. The number of fused-ring (bicyclic) bond motifs is 4. The van der Waals surface area contributed by atoms with Gasteiger partial charge in [0.25, 0.3) is 0 Å². The minimum atomic E-state index is 0.00116. The summed E-state index contributed by atoms with van der Waals surface area (Å²) in [6, 6.07) is 13.6. The summed E-state index contributed by atoms with van der Waals surface area (Å²) in [5.74, 6) is 0.843. The van der Waals surface area contributed by atoms with Crippen LogP contribution in [-0.2, 0) is 19.4 Å². The summed E-state index contributed by atoms with van der Waals surface area (Å²) in [6.45, 7) is 2.64. The zero-order valence-corrected chi connectivity index (χ0v) is 15.7. The van der Waals surface area contributed by atoms with Gasteiger partial charge < -0.3 is 14.6 Å². The van der Waals surface area contributed by atoms with E-state index in [1.807, 2.05) is 30.3 Å². The lowest BCUT2D eigenvalue weighted by Crippen LogP contribution is -2.17. The molecule has 1 aliphatic carbocycles.